The van der Waals surface area contributed by atoms with Gasteiger partial charge in [-0.3, -0.25) is 5.43 Å². The summed E-state index contributed by atoms with van der Waals surface area (Å²) < 4.78 is 49.1. The van der Waals surface area contributed by atoms with Gasteiger partial charge in [0.1, 0.15) is 36.1 Å². The van der Waals surface area contributed by atoms with E-state index in [1.807, 2.05) is 24.3 Å². The van der Waals surface area contributed by atoms with Crippen LogP contribution in [-0.2, 0) is 9.63 Å². The van der Waals surface area contributed by atoms with E-state index in [0.717, 1.165) is 29.2 Å². The van der Waals surface area contributed by atoms with E-state index in [4.69, 9.17) is 21.2 Å². The average molecular weight is 616 g/mol. The standard InChI is InChI=1S/C27H25ClF3N9O3/c1-42-22-12-18(7-10-21(22)37-13-23(28)33-16-37)35-26-36-38-11-3-2-4-20(24(38)40(26)43-25(41)27(29,30)31)17-5-8-19(9-6-17)39-15-32-14-34-39/h5-10,12-16,20,24H,2-4,11H2,1H3,(H,35,36). The lowest BCUT2D eigenvalue weighted by Crippen LogP contribution is -2.46. The Morgan fingerprint density at radius 1 is 1.14 bits per heavy atom. The van der Waals surface area contributed by atoms with E-state index in [1.165, 1.54) is 19.8 Å². The zero-order valence-corrected chi connectivity index (χ0v) is 23.4. The highest BCUT2D eigenvalue weighted by atomic mass is 35.5. The molecule has 224 valence electrons. The molecule has 4 aromatic rings. The molecule has 4 heterocycles. The quantitative estimate of drug-likeness (QED) is 0.334. The lowest BCUT2D eigenvalue weighted by molar-refractivity contribution is -0.234. The number of hydrogen-bond acceptors (Lipinski definition) is 8. The molecule has 2 aliphatic rings. The molecule has 2 fully saturated rings. The Bertz CT molecular complexity index is 1630. The van der Waals surface area contributed by atoms with Gasteiger partial charge in [-0.15, -0.1) is 0 Å². The molecule has 43 heavy (non-hydrogen) atoms. The van der Waals surface area contributed by atoms with Gasteiger partial charge >= 0.3 is 12.1 Å². The number of hydroxylamine groups is 2. The molecular formula is C27H25ClF3N9O3. The summed E-state index contributed by atoms with van der Waals surface area (Å²) in [6, 6.07) is 12.4. The third-order valence-corrected chi connectivity index (χ3v) is 7.38. The van der Waals surface area contributed by atoms with Crippen LogP contribution in [0.15, 0.2) is 72.6 Å². The summed E-state index contributed by atoms with van der Waals surface area (Å²) in [7, 11) is 1.47. The topological polar surface area (TPSA) is 115 Å². The Balaban J connectivity index is 1.37. The van der Waals surface area contributed by atoms with Crippen molar-refractivity contribution in [3.63, 3.8) is 0 Å². The van der Waals surface area contributed by atoms with Crippen molar-refractivity contribution in [2.75, 3.05) is 13.7 Å². The predicted molar refractivity (Wildman–Crippen MR) is 148 cm³/mol. The van der Waals surface area contributed by atoms with Gasteiger partial charge in [0.15, 0.2) is 0 Å². The molecule has 2 aromatic heterocycles. The van der Waals surface area contributed by atoms with Crippen LogP contribution in [-0.4, -0.2) is 72.3 Å². The number of hydrogen-bond donors (Lipinski definition) is 1. The number of carbonyl (C=O) groups excluding carboxylic acids is 1. The fraction of sp³-hybridized carbons (Fsp3) is 0.296. The maximum absolute atomic E-state index is 13.4. The van der Waals surface area contributed by atoms with Gasteiger partial charge in [0.25, 0.3) is 0 Å². The number of hydrazine groups is 1. The van der Waals surface area contributed by atoms with Crippen molar-refractivity contribution in [3.05, 3.63) is 78.4 Å². The normalized spacial score (nSPS) is 20.0. The molecular weight excluding hydrogens is 591 g/mol. The monoisotopic (exact) mass is 615 g/mol. The van der Waals surface area contributed by atoms with Crippen LogP contribution in [0.2, 0.25) is 5.15 Å². The Labute approximate surface area is 248 Å². The first-order valence-corrected chi connectivity index (χ1v) is 13.6. The molecule has 0 spiro atoms. The molecule has 2 aliphatic heterocycles. The summed E-state index contributed by atoms with van der Waals surface area (Å²) in [5.74, 6) is -2.35. The van der Waals surface area contributed by atoms with Gasteiger partial charge < -0.3 is 14.1 Å². The van der Waals surface area contributed by atoms with Gasteiger partial charge in [-0.2, -0.15) is 28.3 Å². The Kier molecular flexibility index (Phi) is 7.66. The van der Waals surface area contributed by atoms with Crippen LogP contribution in [0.1, 0.15) is 30.7 Å². The van der Waals surface area contributed by atoms with Gasteiger partial charge in [0.05, 0.1) is 24.2 Å². The summed E-state index contributed by atoms with van der Waals surface area (Å²) in [5, 5.41) is 7.10. The molecule has 1 N–H and O–H groups in total. The Morgan fingerprint density at radius 3 is 2.63 bits per heavy atom. The molecule has 12 nitrogen and oxygen atoms in total. The van der Waals surface area contributed by atoms with E-state index in [9.17, 15) is 18.0 Å². The molecule has 6 rings (SSSR count). The lowest BCUT2D eigenvalue weighted by atomic mass is 9.91. The number of methoxy groups -OCH3 is 1. The summed E-state index contributed by atoms with van der Waals surface area (Å²) in [4.78, 5) is 29.7. The molecule has 2 saturated heterocycles. The first kappa shape index (κ1) is 28.5. The number of alkyl halides is 3. The van der Waals surface area contributed by atoms with Gasteiger partial charge in [0, 0.05) is 24.7 Å². The average Bonchev–Trinajstić information content (AvgIpc) is 3.72. The van der Waals surface area contributed by atoms with E-state index in [2.05, 4.69) is 25.5 Å². The number of aromatic nitrogens is 5. The fourth-order valence-electron chi connectivity index (χ4n) is 5.23. The van der Waals surface area contributed by atoms with E-state index in [0.29, 0.717) is 35.2 Å². The van der Waals surface area contributed by atoms with E-state index in [-0.39, 0.29) is 11.9 Å². The smallest absolute Gasteiger partial charge is 0.493 e. The van der Waals surface area contributed by atoms with Crippen LogP contribution in [0.4, 0.5) is 18.9 Å². The van der Waals surface area contributed by atoms with Gasteiger partial charge in [-0.1, -0.05) is 30.2 Å². The number of nitrogens with one attached hydrogen (secondary N) is 1. The SMILES string of the molecule is COc1cc(N=C2NN3CCCCC(c4ccc(-n5cncn5)cc4)C3N2OC(=O)C(F)(F)F)ccc1-n1cnc(Cl)c1. The number of ether oxygens (including phenoxy) is 1. The zero-order valence-electron chi connectivity index (χ0n) is 22.6. The van der Waals surface area contributed by atoms with E-state index in [1.54, 1.807) is 45.0 Å². The highest BCUT2D eigenvalue weighted by Gasteiger charge is 2.50. The highest BCUT2D eigenvalue weighted by molar-refractivity contribution is 6.29. The number of benzene rings is 2. The van der Waals surface area contributed by atoms with Gasteiger partial charge in [-0.05, 0) is 42.7 Å². The second-order valence-corrected chi connectivity index (χ2v) is 10.2. The highest BCUT2D eigenvalue weighted by Crippen LogP contribution is 2.38. The third-order valence-electron chi connectivity index (χ3n) is 7.18. The molecule has 0 bridgehead atoms. The summed E-state index contributed by atoms with van der Waals surface area (Å²) in [6.07, 6.45) is 2.30. The number of imidazole rings is 1. The number of fused-ring (bicyclic) bond motifs is 1. The predicted octanol–water partition coefficient (Wildman–Crippen LogP) is 4.54. The van der Waals surface area contributed by atoms with Crippen LogP contribution in [0.25, 0.3) is 11.4 Å². The second kappa shape index (κ2) is 11.6. The van der Waals surface area contributed by atoms with Crippen LogP contribution in [0, 0.1) is 0 Å². The minimum atomic E-state index is -5.21. The van der Waals surface area contributed by atoms with Crippen LogP contribution < -0.4 is 10.2 Å². The van der Waals surface area contributed by atoms with Crippen molar-refractivity contribution < 1.29 is 27.5 Å². The van der Waals surface area contributed by atoms with E-state index < -0.39 is 18.3 Å². The minimum Gasteiger partial charge on any atom is -0.494 e. The molecule has 0 amide bonds. The van der Waals surface area contributed by atoms with Crippen LogP contribution in [0.5, 0.6) is 5.75 Å². The minimum absolute atomic E-state index is 0.0748. The first-order chi connectivity index (χ1) is 20.7. The van der Waals surface area contributed by atoms with Crippen molar-refractivity contribution in [1.29, 1.82) is 0 Å². The fourth-order valence-corrected chi connectivity index (χ4v) is 5.38. The molecule has 0 aliphatic carbocycles. The zero-order chi connectivity index (χ0) is 30.1. The number of nitrogens with zero attached hydrogens (tertiary/aromatic N) is 8. The number of guanidine groups is 1. The maximum Gasteiger partial charge on any atom is 0.493 e. The Morgan fingerprint density at radius 2 is 1.95 bits per heavy atom. The number of carbonyl (C=O) groups is 1. The first-order valence-electron chi connectivity index (χ1n) is 13.2. The van der Waals surface area contributed by atoms with Crippen molar-refractivity contribution in [3.8, 4) is 17.1 Å². The van der Waals surface area contributed by atoms with Crippen molar-refractivity contribution >= 4 is 29.2 Å². The lowest BCUT2D eigenvalue weighted by Gasteiger charge is -2.32. The molecule has 2 atom stereocenters. The van der Waals surface area contributed by atoms with E-state index >= 15 is 0 Å². The third kappa shape index (κ3) is 5.85. The van der Waals surface area contributed by atoms with Crippen molar-refractivity contribution in [2.24, 2.45) is 4.99 Å². The van der Waals surface area contributed by atoms with Crippen molar-refractivity contribution in [2.45, 2.75) is 37.5 Å². The van der Waals surface area contributed by atoms with Gasteiger partial charge in [0.2, 0.25) is 5.96 Å². The molecule has 2 unspecified atom stereocenters. The molecule has 0 radical (unpaired) electrons. The van der Waals surface area contributed by atoms with Crippen molar-refractivity contribution in [1.82, 2.24) is 39.8 Å². The van der Waals surface area contributed by atoms with Crippen LogP contribution >= 0.6 is 11.6 Å². The molecule has 16 heteroatoms. The number of halogens is 4. The largest absolute Gasteiger partial charge is 0.494 e. The van der Waals surface area contributed by atoms with Crippen LogP contribution in [0.3, 0.4) is 0 Å². The number of rotatable bonds is 6. The van der Waals surface area contributed by atoms with Gasteiger partial charge in [-0.25, -0.2) is 24.4 Å². The number of aliphatic imine (C=N–C) groups is 1. The summed E-state index contributed by atoms with van der Waals surface area (Å²) >= 11 is 5.96. The summed E-state index contributed by atoms with van der Waals surface area (Å²) in [5.41, 5.74) is 5.66. The second-order valence-electron chi connectivity index (χ2n) is 9.85. The maximum atomic E-state index is 13.4. The Hall–Kier alpha value is -4.63. The molecule has 0 saturated carbocycles. The molecule has 2 aromatic carbocycles. The summed E-state index contributed by atoms with van der Waals surface area (Å²) in [6.45, 7) is 0.487.